The van der Waals surface area contributed by atoms with E-state index in [-0.39, 0.29) is 5.91 Å². The van der Waals surface area contributed by atoms with E-state index in [1.54, 1.807) is 31.3 Å². The van der Waals surface area contributed by atoms with Crippen molar-refractivity contribution in [2.75, 3.05) is 11.9 Å². The standard InChI is InChI=1S/C12H15N3O/c1-3-10(14)12(16)15(2)11-7-5-4-6-9(11)8-13/h4-7,10H,3,14H2,1-2H3. The summed E-state index contributed by atoms with van der Waals surface area (Å²) in [6, 6.07) is 8.50. The van der Waals surface area contributed by atoms with E-state index in [0.29, 0.717) is 17.7 Å². The van der Waals surface area contributed by atoms with Crippen LogP contribution in [0.25, 0.3) is 0 Å². The number of nitriles is 1. The van der Waals surface area contributed by atoms with Crippen LogP contribution in [0.1, 0.15) is 18.9 Å². The average Bonchev–Trinajstić information content (AvgIpc) is 2.35. The van der Waals surface area contributed by atoms with E-state index in [0.717, 1.165) is 0 Å². The molecule has 0 bridgehead atoms. The Morgan fingerprint density at radius 1 is 1.56 bits per heavy atom. The SMILES string of the molecule is CCC(N)C(=O)N(C)c1ccccc1C#N. The molecule has 1 aromatic rings. The van der Waals surface area contributed by atoms with Gasteiger partial charge >= 0.3 is 0 Å². The van der Waals surface area contributed by atoms with Gasteiger partial charge in [0, 0.05) is 7.05 Å². The molecule has 0 radical (unpaired) electrons. The second-order valence-electron chi connectivity index (χ2n) is 3.54. The molecule has 0 aromatic heterocycles. The fraction of sp³-hybridized carbons (Fsp3) is 0.333. The quantitative estimate of drug-likeness (QED) is 0.828. The maximum absolute atomic E-state index is 11.8. The Hall–Kier alpha value is -1.86. The molecular weight excluding hydrogens is 202 g/mol. The lowest BCUT2D eigenvalue weighted by Gasteiger charge is -2.21. The highest BCUT2D eigenvalue weighted by atomic mass is 16.2. The molecule has 0 aliphatic rings. The fourth-order valence-corrected chi connectivity index (χ4v) is 1.40. The van der Waals surface area contributed by atoms with Crippen LogP contribution in [0.5, 0.6) is 0 Å². The molecule has 16 heavy (non-hydrogen) atoms. The molecule has 0 fully saturated rings. The Kier molecular flexibility index (Phi) is 4.03. The van der Waals surface area contributed by atoms with E-state index < -0.39 is 6.04 Å². The van der Waals surface area contributed by atoms with Crippen LogP contribution in [0.15, 0.2) is 24.3 Å². The minimum atomic E-state index is -0.517. The monoisotopic (exact) mass is 217 g/mol. The fourth-order valence-electron chi connectivity index (χ4n) is 1.40. The zero-order chi connectivity index (χ0) is 12.1. The van der Waals surface area contributed by atoms with Gasteiger partial charge in [0.05, 0.1) is 17.3 Å². The van der Waals surface area contributed by atoms with Crippen LogP contribution in [0.3, 0.4) is 0 Å². The highest BCUT2D eigenvalue weighted by Gasteiger charge is 2.19. The second-order valence-corrected chi connectivity index (χ2v) is 3.54. The summed E-state index contributed by atoms with van der Waals surface area (Å²) < 4.78 is 0. The highest BCUT2D eigenvalue weighted by Crippen LogP contribution is 2.18. The Morgan fingerprint density at radius 3 is 2.75 bits per heavy atom. The van der Waals surface area contributed by atoms with Crippen molar-refractivity contribution in [1.29, 1.82) is 5.26 Å². The van der Waals surface area contributed by atoms with Crippen LogP contribution < -0.4 is 10.6 Å². The van der Waals surface area contributed by atoms with Crippen molar-refractivity contribution < 1.29 is 4.79 Å². The topological polar surface area (TPSA) is 70.1 Å². The predicted molar refractivity (Wildman–Crippen MR) is 62.8 cm³/mol. The van der Waals surface area contributed by atoms with Gasteiger partial charge in [-0.15, -0.1) is 0 Å². The molecule has 2 N–H and O–H groups in total. The molecule has 0 aliphatic heterocycles. The Bertz CT molecular complexity index is 423. The summed E-state index contributed by atoms with van der Waals surface area (Å²) in [5, 5.41) is 8.93. The van der Waals surface area contributed by atoms with Gasteiger partial charge in [-0.1, -0.05) is 19.1 Å². The number of para-hydroxylation sites is 1. The van der Waals surface area contributed by atoms with Gasteiger partial charge in [-0.25, -0.2) is 0 Å². The molecule has 1 aromatic carbocycles. The summed E-state index contributed by atoms with van der Waals surface area (Å²) in [6.45, 7) is 1.85. The zero-order valence-electron chi connectivity index (χ0n) is 9.47. The van der Waals surface area contributed by atoms with Crippen LogP contribution in [0.4, 0.5) is 5.69 Å². The third kappa shape index (κ3) is 2.38. The number of likely N-dealkylation sites (N-methyl/N-ethyl adjacent to an activating group) is 1. The molecule has 1 unspecified atom stereocenters. The maximum atomic E-state index is 11.8. The molecule has 4 nitrogen and oxygen atoms in total. The summed E-state index contributed by atoms with van der Waals surface area (Å²) >= 11 is 0. The van der Waals surface area contributed by atoms with Crippen LogP contribution >= 0.6 is 0 Å². The minimum Gasteiger partial charge on any atom is -0.320 e. The average molecular weight is 217 g/mol. The smallest absolute Gasteiger partial charge is 0.243 e. The van der Waals surface area contributed by atoms with Crippen molar-refractivity contribution in [2.24, 2.45) is 5.73 Å². The number of carbonyl (C=O) groups excluding carboxylic acids is 1. The molecule has 1 rings (SSSR count). The maximum Gasteiger partial charge on any atom is 0.243 e. The molecule has 0 spiro atoms. The number of amides is 1. The Balaban J connectivity index is 3.01. The van der Waals surface area contributed by atoms with Gasteiger partial charge in [0.2, 0.25) is 5.91 Å². The van der Waals surface area contributed by atoms with Crippen molar-refractivity contribution in [1.82, 2.24) is 0 Å². The van der Waals surface area contributed by atoms with E-state index in [2.05, 4.69) is 6.07 Å². The van der Waals surface area contributed by atoms with E-state index in [1.165, 1.54) is 4.90 Å². The number of carbonyl (C=O) groups is 1. The third-order valence-corrected chi connectivity index (χ3v) is 2.47. The zero-order valence-corrected chi connectivity index (χ0v) is 9.47. The molecule has 0 heterocycles. The van der Waals surface area contributed by atoms with Crippen molar-refractivity contribution in [3.63, 3.8) is 0 Å². The van der Waals surface area contributed by atoms with Gasteiger partial charge in [0.25, 0.3) is 0 Å². The van der Waals surface area contributed by atoms with Crippen LogP contribution in [0, 0.1) is 11.3 Å². The molecule has 0 aliphatic carbocycles. The molecule has 4 heteroatoms. The number of hydrogen-bond acceptors (Lipinski definition) is 3. The molecule has 84 valence electrons. The van der Waals surface area contributed by atoms with Crippen molar-refractivity contribution in [3.05, 3.63) is 29.8 Å². The molecular formula is C12H15N3O. The number of nitrogens with zero attached hydrogens (tertiary/aromatic N) is 2. The summed E-state index contributed by atoms with van der Waals surface area (Å²) in [7, 11) is 1.63. The first-order valence-corrected chi connectivity index (χ1v) is 5.14. The van der Waals surface area contributed by atoms with Gasteiger partial charge in [-0.2, -0.15) is 5.26 Å². The molecule has 0 saturated heterocycles. The number of hydrogen-bond donors (Lipinski definition) is 1. The first kappa shape index (κ1) is 12.2. The molecule has 1 atom stereocenters. The summed E-state index contributed by atoms with van der Waals surface area (Å²) in [6.07, 6.45) is 0.581. The lowest BCUT2D eigenvalue weighted by Crippen LogP contribution is -2.41. The lowest BCUT2D eigenvalue weighted by atomic mass is 10.1. The largest absolute Gasteiger partial charge is 0.320 e. The normalized spacial score (nSPS) is 11.6. The summed E-state index contributed by atoms with van der Waals surface area (Å²) in [5.41, 5.74) is 6.74. The predicted octanol–water partition coefficient (Wildman–Crippen LogP) is 1.26. The van der Waals surface area contributed by atoms with Crippen molar-refractivity contribution in [2.45, 2.75) is 19.4 Å². The molecule has 1 amide bonds. The second kappa shape index (κ2) is 5.29. The van der Waals surface area contributed by atoms with Crippen LogP contribution in [0.2, 0.25) is 0 Å². The Labute approximate surface area is 95.3 Å². The van der Waals surface area contributed by atoms with E-state index in [9.17, 15) is 4.79 Å². The van der Waals surface area contributed by atoms with Crippen molar-refractivity contribution >= 4 is 11.6 Å². The number of benzene rings is 1. The van der Waals surface area contributed by atoms with Gasteiger partial charge in [-0.3, -0.25) is 4.79 Å². The van der Waals surface area contributed by atoms with E-state index in [4.69, 9.17) is 11.0 Å². The first-order valence-electron chi connectivity index (χ1n) is 5.14. The van der Waals surface area contributed by atoms with Gasteiger partial charge in [0.15, 0.2) is 0 Å². The van der Waals surface area contributed by atoms with Crippen LogP contribution in [-0.4, -0.2) is 19.0 Å². The highest BCUT2D eigenvalue weighted by molar-refractivity contribution is 5.97. The van der Waals surface area contributed by atoms with Crippen LogP contribution in [-0.2, 0) is 4.79 Å². The van der Waals surface area contributed by atoms with E-state index >= 15 is 0 Å². The molecule has 0 saturated carbocycles. The first-order chi connectivity index (χ1) is 7.61. The minimum absolute atomic E-state index is 0.176. The number of rotatable bonds is 3. The van der Waals surface area contributed by atoms with Gasteiger partial charge in [0.1, 0.15) is 6.07 Å². The van der Waals surface area contributed by atoms with Gasteiger partial charge in [-0.05, 0) is 18.6 Å². The van der Waals surface area contributed by atoms with Gasteiger partial charge < -0.3 is 10.6 Å². The van der Waals surface area contributed by atoms with E-state index in [1.807, 2.05) is 6.92 Å². The summed E-state index contributed by atoms with van der Waals surface area (Å²) in [4.78, 5) is 13.3. The number of anilines is 1. The Morgan fingerprint density at radius 2 is 2.19 bits per heavy atom. The third-order valence-electron chi connectivity index (χ3n) is 2.47. The summed E-state index contributed by atoms with van der Waals surface area (Å²) in [5.74, 6) is -0.176. The number of nitrogens with two attached hydrogens (primary N) is 1. The lowest BCUT2D eigenvalue weighted by molar-refractivity contribution is -0.119. The van der Waals surface area contributed by atoms with Crippen molar-refractivity contribution in [3.8, 4) is 6.07 Å².